The number of halogens is 2. The maximum atomic E-state index is 12.1. The summed E-state index contributed by atoms with van der Waals surface area (Å²) in [5.74, 6) is 0. The van der Waals surface area contributed by atoms with Gasteiger partial charge in [-0.2, -0.15) is 13.5 Å². The lowest BCUT2D eigenvalue weighted by Crippen LogP contribution is -2.17. The monoisotopic (exact) mass is 306 g/mol. The maximum absolute atomic E-state index is 12.1. The van der Waals surface area contributed by atoms with E-state index in [4.69, 9.17) is 23.2 Å². The van der Waals surface area contributed by atoms with Crippen LogP contribution in [0.5, 0.6) is 0 Å². The lowest BCUT2D eigenvalue weighted by atomic mass is 10.4. The van der Waals surface area contributed by atoms with Crippen molar-refractivity contribution in [3.63, 3.8) is 0 Å². The van der Waals surface area contributed by atoms with Gasteiger partial charge in [-0.15, -0.1) is 0 Å². The Bertz CT molecular complexity index is 647. The zero-order valence-corrected chi connectivity index (χ0v) is 11.5. The minimum Gasteiger partial charge on any atom is -0.277 e. The van der Waals surface area contributed by atoms with Crippen LogP contribution < -0.4 is 4.72 Å². The SMILES string of the molecule is Cn1ncc(Cl)c1S(=O)(=O)Nc1ccc(Cl)nc1. The van der Waals surface area contributed by atoms with Crippen molar-refractivity contribution in [3.05, 3.63) is 34.7 Å². The second kappa shape index (κ2) is 4.75. The molecular formula is C9H8Cl2N4O2S. The Kier molecular flexibility index (Phi) is 3.47. The summed E-state index contributed by atoms with van der Waals surface area (Å²) >= 11 is 11.4. The first-order valence-electron chi connectivity index (χ1n) is 4.72. The minimum atomic E-state index is -3.81. The molecule has 2 aromatic rings. The summed E-state index contributed by atoms with van der Waals surface area (Å²) in [6, 6.07) is 2.97. The molecule has 0 saturated carbocycles. The molecular weight excluding hydrogens is 299 g/mol. The minimum absolute atomic E-state index is 0.0481. The highest BCUT2D eigenvalue weighted by Gasteiger charge is 2.22. The highest BCUT2D eigenvalue weighted by molar-refractivity contribution is 7.92. The summed E-state index contributed by atoms with van der Waals surface area (Å²) < 4.78 is 27.7. The summed E-state index contributed by atoms with van der Waals surface area (Å²) in [6.07, 6.45) is 2.57. The second-order valence-electron chi connectivity index (χ2n) is 3.40. The molecule has 0 atom stereocenters. The fourth-order valence-electron chi connectivity index (χ4n) is 1.34. The van der Waals surface area contributed by atoms with Gasteiger partial charge in [0.25, 0.3) is 10.0 Å². The van der Waals surface area contributed by atoms with E-state index in [9.17, 15) is 8.42 Å². The number of aromatic nitrogens is 3. The standard InChI is InChI=1S/C9H8Cl2N4O2S/c1-15-9(7(10)5-13-15)18(16,17)14-6-2-3-8(11)12-4-6/h2-5,14H,1H3. The molecule has 18 heavy (non-hydrogen) atoms. The van der Waals surface area contributed by atoms with E-state index >= 15 is 0 Å². The fraction of sp³-hybridized carbons (Fsp3) is 0.111. The van der Waals surface area contributed by atoms with Gasteiger partial charge in [0.1, 0.15) is 5.15 Å². The third-order valence-corrected chi connectivity index (χ3v) is 4.19. The Morgan fingerprint density at radius 3 is 2.50 bits per heavy atom. The highest BCUT2D eigenvalue weighted by atomic mass is 35.5. The molecule has 0 aliphatic rings. The van der Waals surface area contributed by atoms with Crippen molar-refractivity contribution in [3.8, 4) is 0 Å². The molecule has 2 aromatic heterocycles. The molecule has 2 heterocycles. The van der Waals surface area contributed by atoms with Crippen molar-refractivity contribution in [2.24, 2.45) is 7.05 Å². The smallest absolute Gasteiger partial charge is 0.277 e. The van der Waals surface area contributed by atoms with Crippen LogP contribution in [0.3, 0.4) is 0 Å². The van der Waals surface area contributed by atoms with Crippen molar-refractivity contribution >= 4 is 38.9 Å². The van der Waals surface area contributed by atoms with Crippen molar-refractivity contribution in [2.75, 3.05) is 4.72 Å². The topological polar surface area (TPSA) is 76.9 Å². The zero-order valence-electron chi connectivity index (χ0n) is 9.13. The van der Waals surface area contributed by atoms with E-state index in [0.717, 1.165) is 0 Å². The van der Waals surface area contributed by atoms with Crippen LogP contribution >= 0.6 is 23.2 Å². The normalized spacial score (nSPS) is 11.5. The van der Waals surface area contributed by atoms with Gasteiger partial charge >= 0.3 is 0 Å². The van der Waals surface area contributed by atoms with Crippen LogP contribution in [0.4, 0.5) is 5.69 Å². The third kappa shape index (κ3) is 2.58. The fourth-order valence-corrected chi connectivity index (χ4v) is 3.16. The Labute approximate surface area is 114 Å². The summed E-state index contributed by atoms with van der Waals surface area (Å²) in [4.78, 5) is 3.77. The molecule has 0 fully saturated rings. The van der Waals surface area contributed by atoms with E-state index in [-0.39, 0.29) is 20.9 Å². The van der Waals surface area contributed by atoms with Crippen molar-refractivity contribution in [1.82, 2.24) is 14.8 Å². The van der Waals surface area contributed by atoms with Gasteiger partial charge in [0.15, 0.2) is 5.03 Å². The van der Waals surface area contributed by atoms with Crippen LogP contribution in [0, 0.1) is 0 Å². The number of aryl methyl sites for hydroxylation is 1. The van der Waals surface area contributed by atoms with Crippen LogP contribution in [0.15, 0.2) is 29.6 Å². The van der Waals surface area contributed by atoms with Gasteiger partial charge in [-0.3, -0.25) is 9.40 Å². The second-order valence-corrected chi connectivity index (χ2v) is 5.79. The van der Waals surface area contributed by atoms with E-state index < -0.39 is 10.0 Å². The number of nitrogens with zero attached hydrogens (tertiary/aromatic N) is 3. The predicted octanol–water partition coefficient (Wildman–Crippen LogP) is 1.92. The largest absolute Gasteiger partial charge is 0.280 e. The van der Waals surface area contributed by atoms with Crippen LogP contribution in [-0.2, 0) is 17.1 Å². The highest BCUT2D eigenvalue weighted by Crippen LogP contribution is 2.22. The Morgan fingerprint density at radius 2 is 2.00 bits per heavy atom. The van der Waals surface area contributed by atoms with Gasteiger partial charge in [0, 0.05) is 7.05 Å². The van der Waals surface area contributed by atoms with Gasteiger partial charge in [-0.1, -0.05) is 23.2 Å². The summed E-state index contributed by atoms with van der Waals surface area (Å²) in [5, 5.41) is 3.98. The average Bonchev–Trinajstić information content (AvgIpc) is 2.62. The Morgan fingerprint density at radius 1 is 1.28 bits per heavy atom. The number of pyridine rings is 1. The van der Waals surface area contributed by atoms with E-state index in [1.165, 1.54) is 36.3 Å². The van der Waals surface area contributed by atoms with E-state index in [1.807, 2.05) is 0 Å². The molecule has 0 amide bonds. The van der Waals surface area contributed by atoms with E-state index in [0.29, 0.717) is 0 Å². The predicted molar refractivity (Wildman–Crippen MR) is 68.3 cm³/mol. The quantitative estimate of drug-likeness (QED) is 0.879. The number of rotatable bonds is 3. The molecule has 0 saturated heterocycles. The van der Waals surface area contributed by atoms with Crippen LogP contribution in [-0.4, -0.2) is 23.2 Å². The number of nitrogens with one attached hydrogen (secondary N) is 1. The molecule has 0 radical (unpaired) electrons. The molecule has 0 aliphatic carbocycles. The van der Waals surface area contributed by atoms with Gasteiger partial charge in [0.2, 0.25) is 0 Å². The van der Waals surface area contributed by atoms with Crippen LogP contribution in [0.2, 0.25) is 10.2 Å². The maximum Gasteiger partial charge on any atom is 0.280 e. The van der Waals surface area contributed by atoms with Crippen molar-refractivity contribution in [1.29, 1.82) is 0 Å². The zero-order chi connectivity index (χ0) is 13.3. The lowest BCUT2D eigenvalue weighted by molar-refractivity contribution is 0.582. The average molecular weight is 307 g/mol. The van der Waals surface area contributed by atoms with Crippen LogP contribution in [0.1, 0.15) is 0 Å². The molecule has 1 N–H and O–H groups in total. The first kappa shape index (κ1) is 13.1. The third-order valence-electron chi connectivity index (χ3n) is 2.08. The lowest BCUT2D eigenvalue weighted by Gasteiger charge is -2.08. The summed E-state index contributed by atoms with van der Waals surface area (Å²) in [6.45, 7) is 0. The van der Waals surface area contributed by atoms with Gasteiger partial charge < -0.3 is 0 Å². The molecule has 0 bridgehead atoms. The molecule has 2 rings (SSSR count). The number of hydrogen-bond acceptors (Lipinski definition) is 4. The molecule has 6 nitrogen and oxygen atoms in total. The molecule has 96 valence electrons. The van der Waals surface area contributed by atoms with Gasteiger partial charge in [-0.25, -0.2) is 4.98 Å². The van der Waals surface area contributed by atoms with Gasteiger partial charge in [0.05, 0.1) is 23.1 Å². The summed E-state index contributed by atoms with van der Waals surface area (Å²) in [7, 11) is -2.32. The Hall–Kier alpha value is -1.31. The molecule has 9 heteroatoms. The first-order chi connectivity index (χ1) is 8.40. The first-order valence-corrected chi connectivity index (χ1v) is 6.96. The molecule has 0 unspecified atom stereocenters. The van der Waals surface area contributed by atoms with Crippen LogP contribution in [0.25, 0.3) is 0 Å². The molecule has 0 aliphatic heterocycles. The number of anilines is 1. The molecule has 0 aromatic carbocycles. The molecule has 0 spiro atoms. The van der Waals surface area contributed by atoms with Crippen molar-refractivity contribution < 1.29 is 8.42 Å². The Balaban J connectivity index is 2.36. The van der Waals surface area contributed by atoms with E-state index in [1.54, 1.807) is 0 Å². The van der Waals surface area contributed by atoms with Gasteiger partial charge in [-0.05, 0) is 12.1 Å². The number of hydrogen-bond donors (Lipinski definition) is 1. The number of sulfonamides is 1. The van der Waals surface area contributed by atoms with E-state index in [2.05, 4.69) is 14.8 Å². The summed E-state index contributed by atoms with van der Waals surface area (Å²) in [5.41, 5.74) is 0.289. The van der Waals surface area contributed by atoms with Crippen molar-refractivity contribution in [2.45, 2.75) is 5.03 Å².